The fourth-order valence-electron chi connectivity index (χ4n) is 3.90. The number of rotatable bonds is 11. The normalized spacial score (nSPS) is 11.8. The van der Waals surface area contributed by atoms with Crippen molar-refractivity contribution in [2.45, 2.75) is 46.7 Å². The molecule has 3 aromatic rings. The number of carbonyl (C=O) groups is 2. The van der Waals surface area contributed by atoms with E-state index >= 15 is 0 Å². The summed E-state index contributed by atoms with van der Waals surface area (Å²) >= 11 is 12.4. The number of carbonyl (C=O) groups excluding carboxylic acids is 2. The monoisotopic (exact) mass is 540 g/mol. The van der Waals surface area contributed by atoms with Gasteiger partial charge in [0.15, 0.2) is 6.61 Å². The fourth-order valence-corrected chi connectivity index (χ4v) is 4.22. The molecule has 0 aliphatic carbocycles. The standard InChI is InChI=1S/C30H34Cl2N2O3/c1-20(2)17-33-30(36)27(16-23-8-6-5-7-9-23)34(18-24-12-13-25(31)26(32)15-24)29(35)19-37-28-14-21(3)10-11-22(28)4/h5-15,20,27H,16-19H2,1-4H3,(H,33,36)/t27-/m0/s1. The number of ether oxygens (including phenoxy) is 1. The minimum absolute atomic E-state index is 0.179. The van der Waals surface area contributed by atoms with E-state index in [1.165, 1.54) is 0 Å². The van der Waals surface area contributed by atoms with Crippen molar-refractivity contribution in [1.29, 1.82) is 0 Å². The first-order chi connectivity index (χ1) is 17.6. The quantitative estimate of drug-likeness (QED) is 0.306. The Balaban J connectivity index is 1.94. The van der Waals surface area contributed by atoms with Gasteiger partial charge in [-0.15, -0.1) is 0 Å². The van der Waals surface area contributed by atoms with E-state index in [-0.39, 0.29) is 30.9 Å². The molecule has 0 spiro atoms. The van der Waals surface area contributed by atoms with Crippen molar-refractivity contribution in [3.05, 3.63) is 99.0 Å². The van der Waals surface area contributed by atoms with Gasteiger partial charge in [0.25, 0.3) is 5.91 Å². The minimum Gasteiger partial charge on any atom is -0.483 e. The van der Waals surface area contributed by atoms with Crippen LogP contribution in [-0.2, 0) is 22.6 Å². The third-order valence-corrected chi connectivity index (χ3v) is 6.73. The Kier molecular flexibility index (Phi) is 10.4. The zero-order valence-corrected chi connectivity index (χ0v) is 23.3. The molecule has 196 valence electrons. The van der Waals surface area contributed by atoms with E-state index in [2.05, 4.69) is 5.32 Å². The second kappa shape index (κ2) is 13.5. The molecule has 1 atom stereocenters. The van der Waals surface area contributed by atoms with E-state index < -0.39 is 6.04 Å². The summed E-state index contributed by atoms with van der Waals surface area (Å²) in [6.07, 6.45) is 0.362. The zero-order valence-electron chi connectivity index (χ0n) is 21.8. The van der Waals surface area contributed by atoms with Gasteiger partial charge in [-0.25, -0.2) is 0 Å². The highest BCUT2D eigenvalue weighted by Gasteiger charge is 2.31. The van der Waals surface area contributed by atoms with Gasteiger partial charge in [-0.05, 0) is 60.2 Å². The van der Waals surface area contributed by atoms with Gasteiger partial charge in [-0.2, -0.15) is 0 Å². The number of hydrogen-bond acceptors (Lipinski definition) is 3. The lowest BCUT2D eigenvalue weighted by Gasteiger charge is -2.32. The maximum Gasteiger partial charge on any atom is 0.261 e. The Morgan fingerprint density at radius 3 is 2.32 bits per heavy atom. The second-order valence-corrected chi connectivity index (χ2v) is 10.5. The minimum atomic E-state index is -0.745. The molecule has 0 bridgehead atoms. The highest BCUT2D eigenvalue weighted by atomic mass is 35.5. The van der Waals surface area contributed by atoms with Crippen molar-refractivity contribution in [3.63, 3.8) is 0 Å². The van der Waals surface area contributed by atoms with Crippen LogP contribution in [0.15, 0.2) is 66.7 Å². The van der Waals surface area contributed by atoms with Crippen LogP contribution in [0.25, 0.3) is 0 Å². The molecular weight excluding hydrogens is 507 g/mol. The van der Waals surface area contributed by atoms with Crippen molar-refractivity contribution < 1.29 is 14.3 Å². The van der Waals surface area contributed by atoms with E-state index in [1.807, 2.05) is 82.3 Å². The van der Waals surface area contributed by atoms with E-state index in [4.69, 9.17) is 27.9 Å². The second-order valence-electron chi connectivity index (χ2n) is 9.67. The number of aryl methyl sites for hydroxylation is 2. The van der Waals surface area contributed by atoms with Crippen LogP contribution in [0.3, 0.4) is 0 Å². The predicted octanol–water partition coefficient (Wildman–Crippen LogP) is 6.40. The molecule has 0 heterocycles. The van der Waals surface area contributed by atoms with Crippen molar-refractivity contribution in [2.24, 2.45) is 5.92 Å². The molecule has 0 aliphatic heterocycles. The molecule has 0 radical (unpaired) electrons. The molecule has 2 amide bonds. The first-order valence-corrected chi connectivity index (χ1v) is 13.1. The van der Waals surface area contributed by atoms with Gasteiger partial charge in [-0.1, -0.05) is 85.6 Å². The number of halogens is 2. The summed E-state index contributed by atoms with van der Waals surface area (Å²) in [5.41, 5.74) is 3.69. The maximum absolute atomic E-state index is 13.7. The number of nitrogens with one attached hydrogen (secondary N) is 1. The Bertz CT molecular complexity index is 1210. The third kappa shape index (κ3) is 8.51. The van der Waals surface area contributed by atoms with Crippen LogP contribution in [0.1, 0.15) is 36.1 Å². The third-order valence-electron chi connectivity index (χ3n) is 5.99. The lowest BCUT2D eigenvalue weighted by molar-refractivity contribution is -0.142. The average Bonchev–Trinajstić information content (AvgIpc) is 2.87. The predicted molar refractivity (Wildman–Crippen MR) is 150 cm³/mol. The van der Waals surface area contributed by atoms with Gasteiger partial charge >= 0.3 is 0 Å². The topological polar surface area (TPSA) is 58.6 Å². The first kappa shape index (κ1) is 28.5. The SMILES string of the molecule is Cc1ccc(C)c(OCC(=O)N(Cc2ccc(Cl)c(Cl)c2)[C@@H](Cc2ccccc2)C(=O)NCC(C)C)c1. The summed E-state index contributed by atoms with van der Waals surface area (Å²) in [6.45, 7) is 8.46. The van der Waals surface area contributed by atoms with Gasteiger partial charge < -0.3 is 15.0 Å². The summed E-state index contributed by atoms with van der Waals surface area (Å²) < 4.78 is 5.95. The number of nitrogens with zero attached hydrogens (tertiary/aromatic N) is 1. The van der Waals surface area contributed by atoms with Gasteiger partial charge in [0.05, 0.1) is 10.0 Å². The molecule has 0 saturated carbocycles. The van der Waals surface area contributed by atoms with Crippen LogP contribution >= 0.6 is 23.2 Å². The summed E-state index contributed by atoms with van der Waals surface area (Å²) in [4.78, 5) is 28.8. The summed E-state index contributed by atoms with van der Waals surface area (Å²) in [5, 5.41) is 3.83. The van der Waals surface area contributed by atoms with Crippen LogP contribution < -0.4 is 10.1 Å². The maximum atomic E-state index is 13.7. The van der Waals surface area contributed by atoms with Gasteiger partial charge in [0, 0.05) is 19.5 Å². The Hall–Kier alpha value is -3.02. The van der Waals surface area contributed by atoms with Crippen LogP contribution in [0, 0.1) is 19.8 Å². The summed E-state index contributed by atoms with van der Waals surface area (Å²) in [6, 6.07) is 20.0. The molecule has 3 aromatic carbocycles. The Morgan fingerprint density at radius 2 is 1.65 bits per heavy atom. The number of hydrogen-bond donors (Lipinski definition) is 1. The molecule has 1 N–H and O–H groups in total. The smallest absolute Gasteiger partial charge is 0.261 e. The zero-order chi connectivity index (χ0) is 26.9. The first-order valence-electron chi connectivity index (χ1n) is 12.4. The average molecular weight is 542 g/mol. The van der Waals surface area contributed by atoms with Gasteiger partial charge in [-0.3, -0.25) is 9.59 Å². The van der Waals surface area contributed by atoms with Crippen LogP contribution in [0.2, 0.25) is 10.0 Å². The van der Waals surface area contributed by atoms with E-state index in [1.54, 1.807) is 17.0 Å². The molecule has 0 fully saturated rings. The fraction of sp³-hybridized carbons (Fsp3) is 0.333. The van der Waals surface area contributed by atoms with Gasteiger partial charge in [0.2, 0.25) is 5.91 Å². The molecule has 0 aromatic heterocycles. The number of benzene rings is 3. The van der Waals surface area contributed by atoms with Gasteiger partial charge in [0.1, 0.15) is 11.8 Å². The van der Waals surface area contributed by atoms with E-state index in [9.17, 15) is 9.59 Å². The highest BCUT2D eigenvalue weighted by molar-refractivity contribution is 6.42. The molecule has 0 saturated heterocycles. The van der Waals surface area contributed by atoms with E-state index in [0.717, 1.165) is 22.3 Å². The van der Waals surface area contributed by atoms with E-state index in [0.29, 0.717) is 28.8 Å². The van der Waals surface area contributed by atoms with Crippen LogP contribution in [0.4, 0.5) is 0 Å². The molecule has 7 heteroatoms. The van der Waals surface area contributed by atoms with Crippen molar-refractivity contribution in [2.75, 3.05) is 13.2 Å². The largest absolute Gasteiger partial charge is 0.483 e. The van der Waals surface area contributed by atoms with Crippen molar-refractivity contribution in [1.82, 2.24) is 10.2 Å². The molecular formula is C30H34Cl2N2O3. The number of amides is 2. The lowest BCUT2D eigenvalue weighted by atomic mass is 10.0. The Labute approximate surface area is 229 Å². The molecule has 37 heavy (non-hydrogen) atoms. The van der Waals surface area contributed by atoms with Crippen LogP contribution in [-0.4, -0.2) is 35.9 Å². The highest BCUT2D eigenvalue weighted by Crippen LogP contribution is 2.25. The molecule has 3 rings (SSSR count). The molecule has 5 nitrogen and oxygen atoms in total. The van der Waals surface area contributed by atoms with Crippen LogP contribution in [0.5, 0.6) is 5.75 Å². The van der Waals surface area contributed by atoms with Crippen molar-refractivity contribution in [3.8, 4) is 5.75 Å². The summed E-state index contributed by atoms with van der Waals surface area (Å²) in [5.74, 6) is 0.408. The Morgan fingerprint density at radius 1 is 0.919 bits per heavy atom. The summed E-state index contributed by atoms with van der Waals surface area (Å²) in [7, 11) is 0. The van der Waals surface area contributed by atoms with Crippen molar-refractivity contribution >= 4 is 35.0 Å². The molecule has 0 unspecified atom stereocenters. The molecule has 0 aliphatic rings. The lowest BCUT2D eigenvalue weighted by Crippen LogP contribution is -2.52.